The molecule has 15 heavy (non-hydrogen) atoms. The number of ether oxygens (including phenoxy) is 1. The van der Waals surface area contributed by atoms with Crippen molar-refractivity contribution < 1.29 is 9.53 Å². The van der Waals surface area contributed by atoms with E-state index in [0.717, 1.165) is 31.7 Å². The Hall–Kier alpha value is -0.730. The Balaban J connectivity index is 1.66. The van der Waals surface area contributed by atoms with Gasteiger partial charge in [-0.3, -0.25) is 0 Å². The Kier molecular flexibility index (Phi) is 3.49. The fourth-order valence-corrected chi connectivity index (χ4v) is 2.88. The third kappa shape index (κ3) is 2.64. The second-order valence-electron chi connectivity index (χ2n) is 4.90. The van der Waals surface area contributed by atoms with Crippen LogP contribution in [0.4, 0.5) is 4.79 Å². The van der Waals surface area contributed by atoms with E-state index in [0.29, 0.717) is 5.92 Å². The summed E-state index contributed by atoms with van der Waals surface area (Å²) in [5.74, 6) is 1.50. The van der Waals surface area contributed by atoms with Gasteiger partial charge in [-0.25, -0.2) is 4.79 Å². The number of hydrogen-bond acceptors (Lipinski definition) is 2. The van der Waals surface area contributed by atoms with Crippen LogP contribution < -0.4 is 5.32 Å². The van der Waals surface area contributed by atoms with E-state index in [9.17, 15) is 4.79 Å². The molecule has 0 aromatic rings. The van der Waals surface area contributed by atoms with Gasteiger partial charge in [-0.2, -0.15) is 0 Å². The molecule has 2 aliphatic carbocycles. The lowest BCUT2D eigenvalue weighted by Crippen LogP contribution is -2.32. The molecule has 0 aromatic carbocycles. The lowest BCUT2D eigenvalue weighted by molar-refractivity contribution is 0.0650. The normalized spacial score (nSPS) is 33.0. The number of carbonyl (C=O) groups is 1. The van der Waals surface area contributed by atoms with E-state index in [1.54, 1.807) is 0 Å². The third-order valence-corrected chi connectivity index (χ3v) is 3.73. The van der Waals surface area contributed by atoms with Gasteiger partial charge >= 0.3 is 6.09 Å². The largest absolute Gasteiger partial charge is 0.446 e. The molecule has 2 bridgehead atoms. The fourth-order valence-electron chi connectivity index (χ4n) is 2.88. The van der Waals surface area contributed by atoms with E-state index in [4.69, 9.17) is 4.74 Å². The van der Waals surface area contributed by atoms with E-state index < -0.39 is 0 Å². The number of rotatable bonds is 4. The summed E-state index contributed by atoms with van der Waals surface area (Å²) in [6.07, 6.45) is 7.14. The molecule has 0 aromatic heterocycles. The summed E-state index contributed by atoms with van der Waals surface area (Å²) in [5.41, 5.74) is 0. The van der Waals surface area contributed by atoms with Crippen LogP contribution in [0.5, 0.6) is 0 Å². The van der Waals surface area contributed by atoms with Gasteiger partial charge in [0, 0.05) is 6.54 Å². The molecule has 0 radical (unpaired) electrons. The van der Waals surface area contributed by atoms with E-state index in [1.807, 2.05) is 0 Å². The molecular weight excluding hydrogens is 190 g/mol. The molecule has 3 heteroatoms. The molecule has 2 saturated carbocycles. The second-order valence-corrected chi connectivity index (χ2v) is 4.90. The maximum absolute atomic E-state index is 11.4. The molecule has 86 valence electrons. The summed E-state index contributed by atoms with van der Waals surface area (Å²) in [7, 11) is 0. The fraction of sp³-hybridized carbons (Fsp3) is 0.917. The highest BCUT2D eigenvalue weighted by molar-refractivity contribution is 5.67. The Morgan fingerprint density at radius 1 is 1.40 bits per heavy atom. The Bertz CT molecular complexity index is 230. The van der Waals surface area contributed by atoms with Crippen molar-refractivity contribution in [1.29, 1.82) is 0 Å². The Labute approximate surface area is 91.6 Å². The van der Waals surface area contributed by atoms with Crippen molar-refractivity contribution >= 4 is 6.09 Å². The maximum Gasteiger partial charge on any atom is 0.407 e. The molecule has 0 spiro atoms. The lowest BCUT2D eigenvalue weighted by atomic mass is 9.98. The number of hydrogen-bond donors (Lipinski definition) is 1. The van der Waals surface area contributed by atoms with Crippen LogP contribution in [0, 0.1) is 11.8 Å². The monoisotopic (exact) mass is 211 g/mol. The van der Waals surface area contributed by atoms with Gasteiger partial charge in [0.2, 0.25) is 0 Å². The average Bonchev–Trinajstić information content (AvgIpc) is 2.79. The maximum atomic E-state index is 11.4. The van der Waals surface area contributed by atoms with Gasteiger partial charge in [0.15, 0.2) is 0 Å². The Morgan fingerprint density at radius 2 is 2.27 bits per heavy atom. The van der Waals surface area contributed by atoms with Crippen molar-refractivity contribution in [2.75, 3.05) is 6.54 Å². The summed E-state index contributed by atoms with van der Waals surface area (Å²) in [5, 5.41) is 2.81. The molecule has 3 atom stereocenters. The molecule has 0 aliphatic heterocycles. The summed E-state index contributed by atoms with van der Waals surface area (Å²) in [4.78, 5) is 11.4. The number of nitrogens with one attached hydrogen (secondary N) is 1. The first-order valence-corrected chi connectivity index (χ1v) is 6.24. The zero-order valence-corrected chi connectivity index (χ0v) is 9.50. The smallest absolute Gasteiger partial charge is 0.407 e. The minimum atomic E-state index is -0.207. The molecule has 0 saturated heterocycles. The minimum absolute atomic E-state index is 0.207. The zero-order chi connectivity index (χ0) is 10.7. The first-order chi connectivity index (χ1) is 7.29. The first kappa shape index (κ1) is 10.8. The van der Waals surface area contributed by atoms with Crippen LogP contribution in [0.2, 0.25) is 0 Å². The number of amides is 1. The van der Waals surface area contributed by atoms with Crippen LogP contribution in [-0.4, -0.2) is 18.7 Å². The molecule has 2 aliphatic rings. The average molecular weight is 211 g/mol. The lowest BCUT2D eigenvalue weighted by Gasteiger charge is -2.21. The molecular formula is C12H21NO2. The minimum Gasteiger partial charge on any atom is -0.446 e. The second kappa shape index (κ2) is 4.86. The standard InChI is InChI=1S/C12H21NO2/c1-2-3-6-13-12(14)15-11-8-9-4-5-10(11)7-9/h9-11H,2-8H2,1H3,(H,13,14)/t9-,10+,11-/m1/s1. The van der Waals surface area contributed by atoms with Gasteiger partial charge in [-0.15, -0.1) is 0 Å². The van der Waals surface area contributed by atoms with E-state index >= 15 is 0 Å². The highest BCUT2D eigenvalue weighted by Gasteiger charge is 2.41. The summed E-state index contributed by atoms with van der Waals surface area (Å²) >= 11 is 0. The summed E-state index contributed by atoms with van der Waals surface area (Å²) in [6.45, 7) is 2.86. The van der Waals surface area contributed by atoms with Crippen LogP contribution in [0.3, 0.4) is 0 Å². The number of fused-ring (bicyclic) bond motifs is 2. The highest BCUT2D eigenvalue weighted by atomic mass is 16.6. The summed E-state index contributed by atoms with van der Waals surface area (Å²) in [6, 6.07) is 0. The van der Waals surface area contributed by atoms with Gasteiger partial charge in [-0.05, 0) is 43.9 Å². The number of carbonyl (C=O) groups excluding carboxylic acids is 1. The molecule has 0 unspecified atom stereocenters. The topological polar surface area (TPSA) is 38.3 Å². The van der Waals surface area contributed by atoms with Crippen molar-refractivity contribution in [3.63, 3.8) is 0 Å². The summed E-state index contributed by atoms with van der Waals surface area (Å²) < 4.78 is 5.44. The van der Waals surface area contributed by atoms with Crippen LogP contribution >= 0.6 is 0 Å². The van der Waals surface area contributed by atoms with E-state index in [2.05, 4.69) is 12.2 Å². The van der Waals surface area contributed by atoms with Crippen molar-refractivity contribution in [2.24, 2.45) is 11.8 Å². The van der Waals surface area contributed by atoms with Crippen LogP contribution in [-0.2, 0) is 4.74 Å². The predicted molar refractivity (Wildman–Crippen MR) is 58.6 cm³/mol. The van der Waals surface area contributed by atoms with Gasteiger partial charge in [0.25, 0.3) is 0 Å². The predicted octanol–water partition coefficient (Wildman–Crippen LogP) is 2.70. The number of alkyl carbamates (subject to hydrolysis) is 1. The van der Waals surface area contributed by atoms with Crippen molar-refractivity contribution in [3.05, 3.63) is 0 Å². The SMILES string of the molecule is CCCCNC(=O)O[C@@H]1C[C@@H]2CC[C@H]1C2. The van der Waals surface area contributed by atoms with Crippen LogP contribution in [0.25, 0.3) is 0 Å². The van der Waals surface area contributed by atoms with Gasteiger partial charge in [0.05, 0.1) is 0 Å². The third-order valence-electron chi connectivity index (χ3n) is 3.73. The van der Waals surface area contributed by atoms with Crippen molar-refractivity contribution in [2.45, 2.75) is 51.6 Å². The molecule has 1 amide bonds. The molecule has 1 N–H and O–H groups in total. The first-order valence-electron chi connectivity index (χ1n) is 6.24. The van der Waals surface area contributed by atoms with Crippen molar-refractivity contribution in [3.8, 4) is 0 Å². The van der Waals surface area contributed by atoms with Gasteiger partial charge < -0.3 is 10.1 Å². The van der Waals surface area contributed by atoms with Gasteiger partial charge in [0.1, 0.15) is 6.10 Å². The van der Waals surface area contributed by atoms with E-state index in [1.165, 1.54) is 19.3 Å². The molecule has 2 fully saturated rings. The quantitative estimate of drug-likeness (QED) is 0.726. The molecule has 2 rings (SSSR count). The molecule has 3 nitrogen and oxygen atoms in total. The Morgan fingerprint density at radius 3 is 2.87 bits per heavy atom. The van der Waals surface area contributed by atoms with Gasteiger partial charge in [-0.1, -0.05) is 13.3 Å². The van der Waals surface area contributed by atoms with Crippen LogP contribution in [0.15, 0.2) is 0 Å². The van der Waals surface area contributed by atoms with Crippen LogP contribution in [0.1, 0.15) is 45.4 Å². The number of unbranched alkanes of at least 4 members (excludes halogenated alkanes) is 1. The van der Waals surface area contributed by atoms with E-state index in [-0.39, 0.29) is 12.2 Å². The highest BCUT2D eigenvalue weighted by Crippen LogP contribution is 2.45. The zero-order valence-electron chi connectivity index (χ0n) is 9.50. The van der Waals surface area contributed by atoms with Crippen molar-refractivity contribution in [1.82, 2.24) is 5.32 Å². The molecule has 0 heterocycles.